The molecule has 1 rings (SSSR count). The van der Waals surface area contributed by atoms with Gasteiger partial charge in [0, 0.05) is 4.88 Å². The van der Waals surface area contributed by atoms with Gasteiger partial charge < -0.3 is 10.4 Å². The van der Waals surface area contributed by atoms with Crippen molar-refractivity contribution in [3.8, 4) is 0 Å². The molecule has 0 fully saturated rings. The molecule has 1 heterocycles. The first-order valence-electron chi connectivity index (χ1n) is 5.64. The number of amides is 1. The van der Waals surface area contributed by atoms with Crippen LogP contribution in [0.5, 0.6) is 0 Å². The quantitative estimate of drug-likeness (QED) is 0.729. The molecule has 3 N–H and O–H groups in total. The summed E-state index contributed by atoms with van der Waals surface area (Å²) in [4.78, 5) is 23.6. The van der Waals surface area contributed by atoms with Crippen molar-refractivity contribution in [1.82, 2.24) is 10.6 Å². The third kappa shape index (κ3) is 4.12. The Morgan fingerprint density at radius 2 is 2.17 bits per heavy atom. The number of carboxylic acid groups (broad SMARTS) is 1. The predicted molar refractivity (Wildman–Crippen MR) is 70.6 cm³/mol. The van der Waals surface area contributed by atoms with E-state index in [0.29, 0.717) is 0 Å². The van der Waals surface area contributed by atoms with Gasteiger partial charge in [-0.1, -0.05) is 6.07 Å². The van der Waals surface area contributed by atoms with Crippen LogP contribution in [0.15, 0.2) is 17.5 Å². The normalized spacial score (nSPS) is 13.1. The lowest BCUT2D eigenvalue weighted by molar-refractivity contribution is -0.143. The minimum Gasteiger partial charge on any atom is -0.480 e. The highest BCUT2D eigenvalue weighted by atomic mass is 32.1. The van der Waals surface area contributed by atoms with Crippen LogP contribution < -0.4 is 10.6 Å². The Balaban J connectivity index is 2.41. The minimum atomic E-state index is -1.11. The van der Waals surface area contributed by atoms with E-state index in [-0.39, 0.29) is 18.5 Å². The molecule has 1 atom stereocenters. The fourth-order valence-electron chi connectivity index (χ4n) is 1.28. The lowest BCUT2D eigenvalue weighted by Crippen LogP contribution is -2.50. The number of carboxylic acids is 1. The van der Waals surface area contributed by atoms with Crippen LogP contribution in [-0.4, -0.2) is 29.1 Å². The van der Waals surface area contributed by atoms with Gasteiger partial charge in [0.2, 0.25) is 5.91 Å². The molecule has 6 heteroatoms. The van der Waals surface area contributed by atoms with E-state index in [1.54, 1.807) is 11.3 Å². The number of nitrogens with one attached hydrogen (secondary N) is 2. The van der Waals surface area contributed by atoms with E-state index in [9.17, 15) is 9.59 Å². The summed E-state index contributed by atoms with van der Waals surface area (Å²) in [6, 6.07) is 3.81. The largest absolute Gasteiger partial charge is 0.480 e. The van der Waals surface area contributed by atoms with Crippen molar-refractivity contribution in [2.45, 2.75) is 32.4 Å². The van der Waals surface area contributed by atoms with Crippen LogP contribution >= 0.6 is 11.3 Å². The molecule has 0 aliphatic heterocycles. The van der Waals surface area contributed by atoms with Crippen LogP contribution in [0.3, 0.4) is 0 Å². The summed E-state index contributed by atoms with van der Waals surface area (Å²) < 4.78 is 0. The molecule has 0 saturated carbocycles. The molecule has 1 amide bonds. The molecule has 0 saturated heterocycles. The first-order valence-corrected chi connectivity index (χ1v) is 6.52. The fraction of sp³-hybridized carbons (Fsp3) is 0.500. The van der Waals surface area contributed by atoms with Gasteiger partial charge in [-0.15, -0.1) is 11.3 Å². The number of thiophene rings is 1. The number of carbonyl (C=O) groups excluding carboxylic acids is 1. The maximum atomic E-state index is 11.7. The first kappa shape index (κ1) is 14.7. The molecule has 0 aromatic carbocycles. The molecule has 100 valence electrons. The van der Waals surface area contributed by atoms with Gasteiger partial charge in [-0.3, -0.25) is 14.9 Å². The number of aliphatic carboxylic acids is 1. The zero-order chi connectivity index (χ0) is 13.8. The summed E-state index contributed by atoms with van der Waals surface area (Å²) in [7, 11) is 0. The second kappa shape index (κ2) is 5.97. The van der Waals surface area contributed by atoms with Crippen LogP contribution in [0, 0.1) is 0 Å². The highest BCUT2D eigenvalue weighted by Crippen LogP contribution is 2.17. The predicted octanol–water partition coefficient (Wildman–Crippen LogP) is 1.38. The van der Waals surface area contributed by atoms with Crippen LogP contribution in [0.2, 0.25) is 0 Å². The third-order valence-electron chi connectivity index (χ3n) is 2.57. The molecule has 0 radical (unpaired) electrons. The highest BCUT2D eigenvalue weighted by Gasteiger charge is 2.27. The van der Waals surface area contributed by atoms with Gasteiger partial charge in [0.25, 0.3) is 0 Å². The fourth-order valence-corrected chi connectivity index (χ4v) is 2.01. The zero-order valence-corrected chi connectivity index (χ0v) is 11.5. The molecule has 0 bridgehead atoms. The van der Waals surface area contributed by atoms with Crippen molar-refractivity contribution in [3.63, 3.8) is 0 Å². The SMILES string of the molecule is CC(NC(=O)CNC(C)(C)C(=O)O)c1cccs1. The topological polar surface area (TPSA) is 78.4 Å². The average Bonchev–Trinajstić information content (AvgIpc) is 2.79. The lowest BCUT2D eigenvalue weighted by atomic mass is 10.1. The first-order chi connectivity index (χ1) is 8.33. The second-order valence-corrected chi connectivity index (χ2v) is 5.57. The van der Waals surface area contributed by atoms with Gasteiger partial charge in [0.05, 0.1) is 12.6 Å². The van der Waals surface area contributed by atoms with E-state index in [4.69, 9.17) is 5.11 Å². The molecular weight excluding hydrogens is 252 g/mol. The van der Waals surface area contributed by atoms with E-state index in [1.807, 2.05) is 24.4 Å². The zero-order valence-electron chi connectivity index (χ0n) is 10.7. The summed E-state index contributed by atoms with van der Waals surface area (Å²) >= 11 is 1.57. The standard InChI is InChI=1S/C12H18N2O3S/c1-8(9-5-4-6-18-9)14-10(15)7-13-12(2,3)11(16)17/h4-6,8,13H,7H2,1-3H3,(H,14,15)(H,16,17). The Bertz CT molecular complexity index is 415. The summed E-state index contributed by atoms with van der Waals surface area (Å²) in [6.45, 7) is 4.91. The van der Waals surface area contributed by atoms with Gasteiger partial charge in [0.1, 0.15) is 5.54 Å². The van der Waals surface area contributed by atoms with E-state index in [0.717, 1.165) is 4.88 Å². The monoisotopic (exact) mass is 270 g/mol. The Morgan fingerprint density at radius 1 is 1.50 bits per heavy atom. The van der Waals surface area contributed by atoms with Gasteiger partial charge in [0.15, 0.2) is 0 Å². The average molecular weight is 270 g/mol. The van der Waals surface area contributed by atoms with Gasteiger partial charge in [-0.2, -0.15) is 0 Å². The summed E-state index contributed by atoms with van der Waals surface area (Å²) in [6.07, 6.45) is 0. The Kier molecular flexibility index (Phi) is 4.86. The van der Waals surface area contributed by atoms with Crippen LogP contribution in [0.4, 0.5) is 0 Å². The van der Waals surface area contributed by atoms with E-state index < -0.39 is 11.5 Å². The highest BCUT2D eigenvalue weighted by molar-refractivity contribution is 7.10. The van der Waals surface area contributed by atoms with E-state index >= 15 is 0 Å². The van der Waals surface area contributed by atoms with Crippen molar-refractivity contribution in [1.29, 1.82) is 0 Å². The van der Waals surface area contributed by atoms with Crippen LogP contribution in [-0.2, 0) is 9.59 Å². The molecule has 1 unspecified atom stereocenters. The number of carbonyl (C=O) groups is 2. The molecule has 18 heavy (non-hydrogen) atoms. The Hall–Kier alpha value is -1.40. The van der Waals surface area contributed by atoms with Crippen LogP contribution in [0.1, 0.15) is 31.7 Å². The van der Waals surface area contributed by atoms with Crippen molar-refractivity contribution in [2.75, 3.05) is 6.54 Å². The summed E-state index contributed by atoms with van der Waals surface area (Å²) in [5, 5.41) is 16.4. The Morgan fingerprint density at radius 3 is 2.67 bits per heavy atom. The molecule has 0 aliphatic carbocycles. The van der Waals surface area contributed by atoms with E-state index in [1.165, 1.54) is 13.8 Å². The van der Waals surface area contributed by atoms with Gasteiger partial charge in [-0.25, -0.2) is 0 Å². The minimum absolute atomic E-state index is 0.0188. The van der Waals surface area contributed by atoms with Crippen molar-refractivity contribution in [3.05, 3.63) is 22.4 Å². The van der Waals surface area contributed by atoms with Crippen molar-refractivity contribution < 1.29 is 14.7 Å². The second-order valence-electron chi connectivity index (χ2n) is 4.59. The van der Waals surface area contributed by atoms with Gasteiger partial charge in [-0.05, 0) is 32.2 Å². The number of hydrogen-bond donors (Lipinski definition) is 3. The van der Waals surface area contributed by atoms with Crippen LogP contribution in [0.25, 0.3) is 0 Å². The Labute approximate surface area is 110 Å². The number of rotatable bonds is 6. The maximum Gasteiger partial charge on any atom is 0.323 e. The summed E-state index contributed by atoms with van der Waals surface area (Å²) in [5.74, 6) is -1.20. The van der Waals surface area contributed by atoms with Crippen molar-refractivity contribution >= 4 is 23.2 Å². The molecule has 0 spiro atoms. The molecule has 1 aromatic rings. The number of hydrogen-bond acceptors (Lipinski definition) is 4. The maximum absolute atomic E-state index is 11.7. The molecule has 1 aromatic heterocycles. The molecule has 5 nitrogen and oxygen atoms in total. The molecule has 0 aliphatic rings. The van der Waals surface area contributed by atoms with E-state index in [2.05, 4.69) is 10.6 Å². The van der Waals surface area contributed by atoms with Crippen molar-refractivity contribution in [2.24, 2.45) is 0 Å². The third-order valence-corrected chi connectivity index (χ3v) is 3.63. The lowest BCUT2D eigenvalue weighted by Gasteiger charge is -2.21. The smallest absolute Gasteiger partial charge is 0.323 e. The van der Waals surface area contributed by atoms with Gasteiger partial charge >= 0.3 is 5.97 Å². The molecular formula is C12H18N2O3S. The summed E-state index contributed by atoms with van der Waals surface area (Å²) in [5.41, 5.74) is -1.11.